The van der Waals surface area contributed by atoms with Crippen molar-refractivity contribution in [2.45, 2.75) is 4.90 Å². The number of nitrogens with two attached hydrogens (primary N) is 1. The van der Waals surface area contributed by atoms with Gasteiger partial charge in [0.15, 0.2) is 11.5 Å². The van der Waals surface area contributed by atoms with E-state index in [1.807, 2.05) is 29.0 Å². The van der Waals surface area contributed by atoms with Gasteiger partial charge in [-0.05, 0) is 47.8 Å². The Kier molecular flexibility index (Phi) is 5.67. The van der Waals surface area contributed by atoms with Crippen LogP contribution in [0, 0.1) is 11.6 Å². The van der Waals surface area contributed by atoms with E-state index in [0.29, 0.717) is 5.56 Å². The van der Waals surface area contributed by atoms with Gasteiger partial charge in [0.05, 0.1) is 22.9 Å². The van der Waals surface area contributed by atoms with Gasteiger partial charge in [-0.1, -0.05) is 12.1 Å². The number of aromatic nitrogens is 3. The maximum absolute atomic E-state index is 14.9. The highest BCUT2D eigenvalue weighted by molar-refractivity contribution is 7.97. The summed E-state index contributed by atoms with van der Waals surface area (Å²) in [6.07, 6.45) is 2.37. The molecule has 0 radical (unpaired) electrons. The number of rotatable bonds is 6. The number of ketones is 1. The molecule has 8 nitrogen and oxygen atoms in total. The first-order chi connectivity index (χ1) is 15.2. The van der Waals surface area contributed by atoms with Gasteiger partial charge in [-0.2, -0.15) is 5.10 Å². The molecule has 0 aliphatic rings. The zero-order valence-corrected chi connectivity index (χ0v) is 18.0. The molecule has 0 saturated heterocycles. The van der Waals surface area contributed by atoms with E-state index in [1.165, 1.54) is 0 Å². The van der Waals surface area contributed by atoms with Crippen molar-refractivity contribution in [2.75, 3.05) is 11.0 Å². The highest BCUT2D eigenvalue weighted by Gasteiger charge is 2.26. The predicted octanol–water partition coefficient (Wildman–Crippen LogP) is 3.47. The summed E-state index contributed by atoms with van der Waals surface area (Å²) in [5.74, 6) is -3.51. The number of nitrogens with zero attached hydrogens (tertiary/aromatic N) is 2. The Hall–Kier alpha value is -3.35. The summed E-state index contributed by atoms with van der Waals surface area (Å²) in [6.45, 7) is 0. The number of anilines is 1. The summed E-state index contributed by atoms with van der Waals surface area (Å²) < 4.78 is 54.1. The van der Waals surface area contributed by atoms with E-state index in [-0.39, 0.29) is 16.7 Å². The fraction of sp³-hybridized carbons (Fsp3) is 0.0500. The molecule has 12 heteroatoms. The molecule has 0 atom stereocenters. The van der Waals surface area contributed by atoms with E-state index < -0.39 is 38.7 Å². The molecule has 2 aromatic heterocycles. The standard InChI is InChI=1S/C20H15F2N5O3S2/c1-32(29,30)27-15-7-6-14(21)16(17(15)22)19(28)18-13-8-11(9-24-20(13)26-25-18)10-2-4-12(31-23)5-3-10/h2-9,27H,23H2,1H3,(H,24,25,26). The second-order valence-corrected chi connectivity index (χ2v) is 9.28. The number of carbonyl (C=O) groups is 1. The third-order valence-electron chi connectivity index (χ3n) is 4.57. The van der Waals surface area contributed by atoms with Crippen LogP contribution in [0.5, 0.6) is 0 Å². The minimum Gasteiger partial charge on any atom is -0.287 e. The average Bonchev–Trinajstić information content (AvgIpc) is 3.18. The van der Waals surface area contributed by atoms with E-state index in [0.717, 1.165) is 40.8 Å². The van der Waals surface area contributed by atoms with Gasteiger partial charge in [-0.15, -0.1) is 0 Å². The molecule has 4 N–H and O–H groups in total. The fourth-order valence-electron chi connectivity index (χ4n) is 3.12. The lowest BCUT2D eigenvalue weighted by molar-refractivity contribution is 0.102. The second-order valence-electron chi connectivity index (χ2n) is 6.82. The van der Waals surface area contributed by atoms with Crippen molar-refractivity contribution in [1.82, 2.24) is 15.2 Å². The van der Waals surface area contributed by atoms with Gasteiger partial charge in [0.2, 0.25) is 15.8 Å². The number of hydrogen-bond acceptors (Lipinski definition) is 7. The van der Waals surface area contributed by atoms with Gasteiger partial charge in [-0.25, -0.2) is 22.2 Å². The van der Waals surface area contributed by atoms with Gasteiger partial charge in [0.1, 0.15) is 11.5 Å². The number of pyridine rings is 1. The highest BCUT2D eigenvalue weighted by Crippen LogP contribution is 2.29. The molecule has 164 valence electrons. The van der Waals surface area contributed by atoms with Gasteiger partial charge in [-0.3, -0.25) is 19.8 Å². The maximum Gasteiger partial charge on any atom is 0.229 e. The van der Waals surface area contributed by atoms with E-state index >= 15 is 0 Å². The molecule has 0 bridgehead atoms. The van der Waals surface area contributed by atoms with E-state index in [4.69, 9.17) is 5.14 Å². The summed E-state index contributed by atoms with van der Waals surface area (Å²) in [4.78, 5) is 18.1. The van der Waals surface area contributed by atoms with Crippen LogP contribution in [0.2, 0.25) is 0 Å². The Morgan fingerprint density at radius 1 is 1.12 bits per heavy atom. The number of aromatic amines is 1. The largest absolute Gasteiger partial charge is 0.287 e. The van der Waals surface area contributed by atoms with Crippen molar-refractivity contribution in [3.63, 3.8) is 0 Å². The molecule has 4 rings (SSSR count). The van der Waals surface area contributed by atoms with Gasteiger partial charge in [0.25, 0.3) is 0 Å². The van der Waals surface area contributed by atoms with Crippen LogP contribution in [-0.2, 0) is 10.0 Å². The number of fused-ring (bicyclic) bond motifs is 1. The Balaban J connectivity index is 1.80. The average molecular weight is 476 g/mol. The lowest BCUT2D eigenvalue weighted by Gasteiger charge is -2.09. The molecule has 2 heterocycles. The van der Waals surface area contributed by atoms with Gasteiger partial charge >= 0.3 is 0 Å². The number of halogens is 2. The van der Waals surface area contributed by atoms with Crippen LogP contribution in [0.3, 0.4) is 0 Å². The van der Waals surface area contributed by atoms with Crippen LogP contribution < -0.4 is 9.86 Å². The number of H-pyrrole nitrogens is 1. The molecule has 0 unspecified atom stereocenters. The van der Waals surface area contributed by atoms with Gasteiger partial charge < -0.3 is 0 Å². The van der Waals surface area contributed by atoms with Crippen molar-refractivity contribution in [3.8, 4) is 11.1 Å². The number of sulfonamides is 1. The van der Waals surface area contributed by atoms with Gasteiger partial charge in [0, 0.05) is 16.7 Å². The summed E-state index contributed by atoms with van der Waals surface area (Å²) in [5, 5.41) is 12.2. The van der Waals surface area contributed by atoms with Crippen molar-refractivity contribution in [3.05, 3.63) is 71.6 Å². The molecule has 0 spiro atoms. The van der Waals surface area contributed by atoms with E-state index in [9.17, 15) is 22.0 Å². The molecule has 2 aromatic carbocycles. The zero-order valence-electron chi connectivity index (χ0n) is 16.4. The molecule has 32 heavy (non-hydrogen) atoms. The predicted molar refractivity (Wildman–Crippen MR) is 118 cm³/mol. The minimum atomic E-state index is -3.85. The Morgan fingerprint density at radius 2 is 1.84 bits per heavy atom. The molecule has 0 fully saturated rings. The van der Waals surface area contributed by atoms with Crippen LogP contribution in [0.15, 0.2) is 53.6 Å². The number of hydrogen-bond donors (Lipinski definition) is 3. The monoisotopic (exact) mass is 475 g/mol. The minimum absolute atomic E-state index is 0.178. The molecule has 4 aromatic rings. The maximum atomic E-state index is 14.9. The van der Waals surface area contributed by atoms with Crippen molar-refractivity contribution >= 4 is 44.5 Å². The Labute approximate surface area is 185 Å². The highest BCUT2D eigenvalue weighted by atomic mass is 32.2. The molecule has 0 aliphatic carbocycles. The molecule has 0 amide bonds. The summed E-state index contributed by atoms with van der Waals surface area (Å²) in [7, 11) is -3.85. The second kappa shape index (κ2) is 8.30. The number of benzene rings is 2. The summed E-state index contributed by atoms with van der Waals surface area (Å²) >= 11 is 1.10. The lowest BCUT2D eigenvalue weighted by Crippen LogP contribution is -2.15. The normalized spacial score (nSPS) is 11.6. The van der Waals surface area contributed by atoms with Crippen molar-refractivity contribution in [1.29, 1.82) is 0 Å². The topological polar surface area (TPSA) is 131 Å². The van der Waals surface area contributed by atoms with Crippen LogP contribution in [0.1, 0.15) is 16.1 Å². The van der Waals surface area contributed by atoms with Crippen LogP contribution in [-0.4, -0.2) is 35.6 Å². The number of carbonyl (C=O) groups excluding carboxylic acids is 1. The van der Waals surface area contributed by atoms with Crippen molar-refractivity contribution < 1.29 is 22.0 Å². The Morgan fingerprint density at radius 3 is 2.50 bits per heavy atom. The molecular weight excluding hydrogens is 460 g/mol. The Bertz CT molecular complexity index is 1450. The first-order valence-corrected chi connectivity index (χ1v) is 11.8. The third-order valence-corrected chi connectivity index (χ3v) is 5.71. The lowest BCUT2D eigenvalue weighted by atomic mass is 10.0. The van der Waals surface area contributed by atoms with E-state index in [1.54, 1.807) is 12.3 Å². The van der Waals surface area contributed by atoms with Crippen LogP contribution in [0.4, 0.5) is 14.5 Å². The van der Waals surface area contributed by atoms with E-state index in [2.05, 4.69) is 15.2 Å². The quantitative estimate of drug-likeness (QED) is 0.287. The number of nitrogens with one attached hydrogen (secondary N) is 2. The molecule has 0 aliphatic heterocycles. The SMILES string of the molecule is CS(=O)(=O)Nc1ccc(F)c(C(=O)c2[nH]nc3ncc(-c4ccc(SN)cc4)cc23)c1F. The summed E-state index contributed by atoms with van der Waals surface area (Å²) in [6, 6.07) is 10.6. The fourth-order valence-corrected chi connectivity index (χ4v) is 3.97. The van der Waals surface area contributed by atoms with Crippen LogP contribution in [0.25, 0.3) is 22.2 Å². The first-order valence-electron chi connectivity index (χ1n) is 8.99. The van der Waals surface area contributed by atoms with Crippen LogP contribution >= 0.6 is 11.9 Å². The third kappa shape index (κ3) is 4.20. The molecule has 0 saturated carbocycles. The first kappa shape index (κ1) is 21.9. The molecular formula is C20H15F2N5O3S2. The zero-order chi connectivity index (χ0) is 23.0. The van der Waals surface area contributed by atoms with Crippen molar-refractivity contribution in [2.24, 2.45) is 5.14 Å². The summed E-state index contributed by atoms with van der Waals surface area (Å²) in [5.41, 5.74) is -0.0320. The smallest absolute Gasteiger partial charge is 0.229 e.